The number of hydrogen-bond acceptors (Lipinski definition) is 4. The summed E-state index contributed by atoms with van der Waals surface area (Å²) in [5.74, 6) is -0.0305. The Bertz CT molecular complexity index is 993. The first kappa shape index (κ1) is 20.5. The molecule has 0 unspecified atom stereocenters. The molecule has 1 heterocycles. The first-order chi connectivity index (χ1) is 14.7. The number of rotatable bonds is 7. The molecule has 0 radical (unpaired) electrons. The van der Waals surface area contributed by atoms with Crippen molar-refractivity contribution in [3.05, 3.63) is 77.9 Å². The summed E-state index contributed by atoms with van der Waals surface area (Å²) in [5, 5.41) is 8.64. The van der Waals surface area contributed by atoms with Gasteiger partial charge in [-0.05, 0) is 29.5 Å². The lowest BCUT2D eigenvalue weighted by atomic mass is 10.1. The Kier molecular flexibility index (Phi) is 6.74. The van der Waals surface area contributed by atoms with Gasteiger partial charge in [-0.1, -0.05) is 60.7 Å². The predicted molar refractivity (Wildman–Crippen MR) is 121 cm³/mol. The highest BCUT2D eigenvalue weighted by atomic mass is 16.5. The van der Waals surface area contributed by atoms with Gasteiger partial charge in [-0.3, -0.25) is 9.69 Å². The van der Waals surface area contributed by atoms with Gasteiger partial charge in [0.25, 0.3) is 0 Å². The molecule has 1 aliphatic heterocycles. The van der Waals surface area contributed by atoms with Crippen molar-refractivity contribution in [2.24, 2.45) is 0 Å². The van der Waals surface area contributed by atoms with Crippen LogP contribution in [0.25, 0.3) is 10.8 Å². The van der Waals surface area contributed by atoms with Gasteiger partial charge in [0, 0.05) is 37.3 Å². The van der Waals surface area contributed by atoms with Crippen molar-refractivity contribution in [2.45, 2.75) is 26.1 Å². The normalized spacial score (nSPS) is 15.8. The second-order valence-electron chi connectivity index (χ2n) is 7.78. The summed E-state index contributed by atoms with van der Waals surface area (Å²) in [6.45, 7) is 7.00. The van der Waals surface area contributed by atoms with Crippen LogP contribution in [0.1, 0.15) is 18.1 Å². The van der Waals surface area contributed by atoms with Gasteiger partial charge in [-0.15, -0.1) is 0 Å². The fraction of sp³-hybridized carbons (Fsp3) is 0.320. The summed E-state index contributed by atoms with van der Waals surface area (Å²) in [4.78, 5) is 15.2. The van der Waals surface area contributed by atoms with Crippen molar-refractivity contribution in [2.75, 3.05) is 31.6 Å². The number of nitrogens with one attached hydrogen (secondary N) is 2. The molecule has 1 aliphatic rings. The molecule has 5 nitrogen and oxygen atoms in total. The Morgan fingerprint density at radius 3 is 2.50 bits per heavy atom. The maximum Gasteiger partial charge on any atom is 0.241 e. The van der Waals surface area contributed by atoms with Crippen LogP contribution in [-0.2, 0) is 22.6 Å². The number of fused-ring (bicyclic) bond motifs is 1. The zero-order chi connectivity index (χ0) is 20.8. The van der Waals surface area contributed by atoms with Crippen molar-refractivity contribution >= 4 is 22.4 Å². The van der Waals surface area contributed by atoms with E-state index in [0.717, 1.165) is 49.3 Å². The molecular formula is C25H29N3O2. The van der Waals surface area contributed by atoms with Gasteiger partial charge < -0.3 is 15.4 Å². The number of carbonyl (C=O) groups excluding carboxylic acids is 1. The Morgan fingerprint density at radius 1 is 0.967 bits per heavy atom. The summed E-state index contributed by atoms with van der Waals surface area (Å²) in [5.41, 5.74) is 3.38. The first-order valence-electron chi connectivity index (χ1n) is 10.6. The summed E-state index contributed by atoms with van der Waals surface area (Å²) >= 11 is 0. The molecule has 2 N–H and O–H groups in total. The van der Waals surface area contributed by atoms with Gasteiger partial charge in [0.15, 0.2) is 0 Å². The van der Waals surface area contributed by atoms with Gasteiger partial charge in [0.05, 0.1) is 19.3 Å². The Hall–Kier alpha value is -2.73. The second kappa shape index (κ2) is 9.85. The highest BCUT2D eigenvalue weighted by Gasteiger charge is 2.16. The molecule has 30 heavy (non-hydrogen) atoms. The van der Waals surface area contributed by atoms with E-state index in [1.54, 1.807) is 0 Å². The number of carbonyl (C=O) groups is 1. The molecule has 0 aliphatic carbocycles. The van der Waals surface area contributed by atoms with Crippen LogP contribution in [0.15, 0.2) is 66.7 Å². The van der Waals surface area contributed by atoms with Crippen LogP contribution in [-0.4, -0.2) is 43.2 Å². The average molecular weight is 404 g/mol. The maximum atomic E-state index is 12.8. The third-order valence-corrected chi connectivity index (χ3v) is 5.66. The highest BCUT2D eigenvalue weighted by molar-refractivity contribution is 6.03. The van der Waals surface area contributed by atoms with Crippen LogP contribution in [0, 0.1) is 0 Å². The number of benzene rings is 3. The number of nitrogens with zero attached hydrogens (tertiary/aromatic N) is 1. The summed E-state index contributed by atoms with van der Waals surface area (Å²) < 4.78 is 5.45. The van der Waals surface area contributed by atoms with Crippen molar-refractivity contribution in [1.29, 1.82) is 0 Å². The predicted octanol–water partition coefficient (Wildman–Crippen LogP) is 3.79. The molecule has 1 fully saturated rings. The van der Waals surface area contributed by atoms with Crippen LogP contribution in [0.4, 0.5) is 5.69 Å². The summed E-state index contributed by atoms with van der Waals surface area (Å²) in [6, 6.07) is 22.2. The van der Waals surface area contributed by atoms with Gasteiger partial charge in [0.2, 0.25) is 5.91 Å². The van der Waals surface area contributed by atoms with Crippen LogP contribution in [0.2, 0.25) is 0 Å². The van der Waals surface area contributed by atoms with Gasteiger partial charge in [-0.25, -0.2) is 0 Å². The minimum atomic E-state index is -0.305. The van der Waals surface area contributed by atoms with E-state index in [2.05, 4.69) is 51.9 Å². The lowest BCUT2D eigenvalue weighted by Gasteiger charge is -2.27. The van der Waals surface area contributed by atoms with Gasteiger partial charge in [0.1, 0.15) is 0 Å². The standard InChI is InChI=1S/C25H29N3O2/c1-19(25(29)27-24-12-6-10-20-7-4-5-11-23(20)24)26-17-21-8-2-3-9-22(21)18-28-13-15-30-16-14-28/h2-12,19,26H,13-18H2,1H3,(H,27,29)/t19-/m0/s1. The van der Waals surface area contributed by atoms with Crippen LogP contribution in [0.5, 0.6) is 0 Å². The lowest BCUT2D eigenvalue weighted by molar-refractivity contribution is -0.117. The minimum Gasteiger partial charge on any atom is -0.379 e. The second-order valence-corrected chi connectivity index (χ2v) is 7.78. The lowest BCUT2D eigenvalue weighted by Crippen LogP contribution is -2.38. The zero-order valence-electron chi connectivity index (χ0n) is 17.4. The van der Waals surface area contributed by atoms with Crippen molar-refractivity contribution < 1.29 is 9.53 Å². The smallest absolute Gasteiger partial charge is 0.241 e. The molecule has 0 bridgehead atoms. The Morgan fingerprint density at radius 2 is 1.67 bits per heavy atom. The van der Waals surface area contributed by atoms with E-state index in [1.165, 1.54) is 11.1 Å². The number of anilines is 1. The molecule has 4 rings (SSSR count). The first-order valence-corrected chi connectivity index (χ1v) is 10.6. The van der Waals surface area contributed by atoms with Crippen molar-refractivity contribution in [3.63, 3.8) is 0 Å². The number of morpholine rings is 1. The van der Waals surface area contributed by atoms with Gasteiger partial charge in [-0.2, -0.15) is 0 Å². The highest BCUT2D eigenvalue weighted by Crippen LogP contribution is 2.23. The van der Waals surface area contributed by atoms with E-state index in [9.17, 15) is 4.79 Å². The molecule has 1 saturated heterocycles. The third-order valence-electron chi connectivity index (χ3n) is 5.66. The monoisotopic (exact) mass is 403 g/mol. The fourth-order valence-corrected chi connectivity index (χ4v) is 3.82. The van der Waals surface area contributed by atoms with Crippen LogP contribution >= 0.6 is 0 Å². The van der Waals surface area contributed by atoms with E-state index in [1.807, 2.05) is 37.3 Å². The van der Waals surface area contributed by atoms with Crippen LogP contribution in [0.3, 0.4) is 0 Å². The third kappa shape index (κ3) is 5.05. The summed E-state index contributed by atoms with van der Waals surface area (Å²) in [6.07, 6.45) is 0. The van der Waals surface area contributed by atoms with E-state index in [0.29, 0.717) is 6.54 Å². The quantitative estimate of drug-likeness (QED) is 0.630. The van der Waals surface area contributed by atoms with Gasteiger partial charge >= 0.3 is 0 Å². The average Bonchev–Trinajstić information content (AvgIpc) is 2.79. The minimum absolute atomic E-state index is 0.0305. The van der Waals surface area contributed by atoms with Crippen molar-refractivity contribution in [1.82, 2.24) is 10.2 Å². The van der Waals surface area contributed by atoms with Crippen molar-refractivity contribution in [3.8, 4) is 0 Å². The molecule has 0 saturated carbocycles. The van der Waals surface area contributed by atoms with E-state index >= 15 is 0 Å². The molecule has 3 aromatic carbocycles. The molecule has 5 heteroatoms. The molecule has 3 aromatic rings. The topological polar surface area (TPSA) is 53.6 Å². The van der Waals surface area contributed by atoms with E-state index in [-0.39, 0.29) is 11.9 Å². The Labute approximate surface area is 178 Å². The number of amides is 1. The van der Waals surface area contributed by atoms with E-state index < -0.39 is 0 Å². The zero-order valence-corrected chi connectivity index (χ0v) is 17.4. The largest absolute Gasteiger partial charge is 0.379 e. The molecule has 156 valence electrons. The molecular weight excluding hydrogens is 374 g/mol. The fourth-order valence-electron chi connectivity index (χ4n) is 3.82. The van der Waals surface area contributed by atoms with E-state index in [4.69, 9.17) is 4.74 Å². The number of hydrogen-bond donors (Lipinski definition) is 2. The molecule has 1 atom stereocenters. The Balaban J connectivity index is 1.37. The molecule has 0 spiro atoms. The SMILES string of the molecule is C[C@H](NCc1ccccc1CN1CCOCC1)C(=O)Nc1cccc2ccccc12. The van der Waals surface area contributed by atoms with Crippen LogP contribution < -0.4 is 10.6 Å². The molecule has 0 aromatic heterocycles. The molecule has 1 amide bonds. The number of ether oxygens (including phenoxy) is 1. The summed E-state index contributed by atoms with van der Waals surface area (Å²) in [7, 11) is 0. The maximum absolute atomic E-state index is 12.8.